The van der Waals surface area contributed by atoms with Crippen LogP contribution in [0.15, 0.2) is 11.4 Å². The second-order valence-electron chi connectivity index (χ2n) is 9.26. The lowest BCUT2D eigenvalue weighted by Crippen LogP contribution is -2.58. The van der Waals surface area contributed by atoms with Gasteiger partial charge in [0.05, 0.1) is 10.8 Å². The molecular formula is C20H28Cl2N4O5. The first-order valence-corrected chi connectivity index (χ1v) is 11.8. The number of carbonyl (C=O) groups is 2. The molecule has 2 heterocycles. The number of nitrogens with zero attached hydrogens (tertiary/aromatic N) is 2. The Hall–Kier alpha value is -1.58. The van der Waals surface area contributed by atoms with E-state index in [1.165, 1.54) is 5.01 Å². The Morgan fingerprint density at radius 2 is 1.87 bits per heavy atom. The van der Waals surface area contributed by atoms with E-state index in [1.54, 1.807) is 0 Å². The maximum atomic E-state index is 13.2. The highest BCUT2D eigenvalue weighted by atomic mass is 35.5. The van der Waals surface area contributed by atoms with Gasteiger partial charge in [-0.25, -0.2) is 10.4 Å². The third-order valence-electron chi connectivity index (χ3n) is 7.46. The van der Waals surface area contributed by atoms with E-state index in [0.717, 1.165) is 12.8 Å². The number of carboxylic acid groups (broad SMARTS) is 1. The van der Waals surface area contributed by atoms with Crippen LogP contribution < -0.4 is 10.7 Å². The predicted octanol–water partition coefficient (Wildman–Crippen LogP) is 2.66. The SMILES string of the molecule is CC1NN2C(=O)C([N+](=O)[O-])=C(C3CCC(C(=O)O)CC3)NC2C1C1CCC(Cl)CC1Cl. The van der Waals surface area contributed by atoms with E-state index in [1.807, 2.05) is 6.92 Å². The van der Waals surface area contributed by atoms with E-state index >= 15 is 0 Å². The van der Waals surface area contributed by atoms with Gasteiger partial charge in [0.25, 0.3) is 0 Å². The number of hydrazine groups is 1. The summed E-state index contributed by atoms with van der Waals surface area (Å²) in [6.07, 6.45) is 3.84. The second-order valence-corrected chi connectivity index (χ2v) is 10.4. The number of allylic oxidation sites excluding steroid dienone is 1. The Balaban J connectivity index is 1.61. The van der Waals surface area contributed by atoms with Gasteiger partial charge in [-0.1, -0.05) is 0 Å². The van der Waals surface area contributed by atoms with Gasteiger partial charge in [0.2, 0.25) is 0 Å². The summed E-state index contributed by atoms with van der Waals surface area (Å²) in [6, 6.07) is -0.0883. The molecule has 31 heavy (non-hydrogen) atoms. The molecule has 0 radical (unpaired) electrons. The minimum Gasteiger partial charge on any atom is -0.481 e. The Morgan fingerprint density at radius 1 is 1.19 bits per heavy atom. The van der Waals surface area contributed by atoms with Crippen LogP contribution >= 0.6 is 23.2 Å². The number of fused-ring (bicyclic) bond motifs is 1. The molecule has 1 amide bonds. The van der Waals surface area contributed by atoms with Gasteiger partial charge in [0.1, 0.15) is 11.9 Å². The summed E-state index contributed by atoms with van der Waals surface area (Å²) in [4.78, 5) is 35.7. The van der Waals surface area contributed by atoms with Crippen molar-refractivity contribution in [3.63, 3.8) is 0 Å². The van der Waals surface area contributed by atoms with Crippen LogP contribution in [0.2, 0.25) is 0 Å². The van der Waals surface area contributed by atoms with Crippen molar-refractivity contribution in [3.8, 4) is 0 Å². The molecule has 2 aliphatic carbocycles. The lowest BCUT2D eigenvalue weighted by atomic mass is 9.74. The van der Waals surface area contributed by atoms with Crippen molar-refractivity contribution in [1.82, 2.24) is 15.8 Å². The highest BCUT2D eigenvalue weighted by molar-refractivity contribution is 6.24. The Bertz CT molecular complexity index is 800. The van der Waals surface area contributed by atoms with E-state index in [4.69, 9.17) is 23.2 Å². The minimum absolute atomic E-state index is 0.0192. The number of nitro groups is 1. The molecule has 4 rings (SSSR count). The molecule has 0 aromatic heterocycles. The number of hydrogen-bond acceptors (Lipinski definition) is 6. The molecule has 0 spiro atoms. The smallest absolute Gasteiger partial charge is 0.354 e. The molecule has 9 nitrogen and oxygen atoms in total. The number of amides is 1. The van der Waals surface area contributed by atoms with Crippen molar-refractivity contribution in [2.45, 2.75) is 74.8 Å². The average molecular weight is 475 g/mol. The molecule has 11 heteroatoms. The molecule has 6 atom stereocenters. The van der Waals surface area contributed by atoms with Gasteiger partial charge in [0.15, 0.2) is 0 Å². The highest BCUT2D eigenvalue weighted by Crippen LogP contribution is 2.44. The van der Waals surface area contributed by atoms with Gasteiger partial charge >= 0.3 is 17.6 Å². The van der Waals surface area contributed by atoms with Crippen LogP contribution in [0.4, 0.5) is 0 Å². The van der Waals surface area contributed by atoms with E-state index < -0.39 is 34.6 Å². The van der Waals surface area contributed by atoms with Crippen LogP contribution in [-0.4, -0.2) is 49.9 Å². The monoisotopic (exact) mass is 474 g/mol. The van der Waals surface area contributed by atoms with E-state index in [2.05, 4.69) is 10.7 Å². The molecule has 4 aliphatic rings. The Morgan fingerprint density at radius 3 is 2.45 bits per heavy atom. The molecule has 0 aromatic rings. The van der Waals surface area contributed by atoms with Crippen molar-refractivity contribution in [1.29, 1.82) is 0 Å². The zero-order valence-corrected chi connectivity index (χ0v) is 18.8. The highest BCUT2D eigenvalue weighted by Gasteiger charge is 2.54. The van der Waals surface area contributed by atoms with Crippen LogP contribution in [0.5, 0.6) is 0 Å². The van der Waals surface area contributed by atoms with Gasteiger partial charge in [-0.15, -0.1) is 23.2 Å². The average Bonchev–Trinajstić information content (AvgIpc) is 3.04. The molecule has 3 N–H and O–H groups in total. The number of hydrogen-bond donors (Lipinski definition) is 3. The quantitative estimate of drug-likeness (QED) is 0.324. The largest absolute Gasteiger partial charge is 0.481 e. The van der Waals surface area contributed by atoms with Crippen molar-refractivity contribution >= 4 is 35.1 Å². The molecule has 2 aliphatic heterocycles. The molecule has 2 saturated carbocycles. The predicted molar refractivity (Wildman–Crippen MR) is 114 cm³/mol. The van der Waals surface area contributed by atoms with Crippen LogP contribution in [0, 0.1) is 33.8 Å². The normalized spacial score (nSPS) is 41.0. The van der Waals surface area contributed by atoms with Gasteiger partial charge < -0.3 is 10.4 Å². The summed E-state index contributed by atoms with van der Waals surface area (Å²) in [5.74, 6) is -2.04. The Labute approximate surface area is 190 Å². The van der Waals surface area contributed by atoms with Gasteiger partial charge in [-0.05, 0) is 57.8 Å². The van der Waals surface area contributed by atoms with Crippen LogP contribution in [0.1, 0.15) is 51.9 Å². The standard InChI is InChI=1S/C20H28Cl2N4O5/c1-9-15(13-7-6-12(21)8-14(13)22)18-23-16(10-2-4-11(5-3-10)20(28)29)17(26(30)31)19(27)25(18)24-9/h9-15,18,23-24H,2-8H2,1H3,(H,28,29). The fourth-order valence-corrected chi connectivity index (χ4v) is 6.80. The fraction of sp³-hybridized carbons (Fsp3) is 0.800. The summed E-state index contributed by atoms with van der Waals surface area (Å²) in [6.45, 7) is 1.97. The molecule has 3 fully saturated rings. The fourth-order valence-electron chi connectivity index (χ4n) is 5.88. The third-order valence-corrected chi connectivity index (χ3v) is 8.36. The minimum atomic E-state index is -0.835. The molecule has 0 aromatic carbocycles. The summed E-state index contributed by atoms with van der Waals surface area (Å²) in [7, 11) is 0. The maximum absolute atomic E-state index is 13.2. The zero-order chi connectivity index (χ0) is 22.4. The maximum Gasteiger partial charge on any atom is 0.354 e. The summed E-state index contributed by atoms with van der Waals surface area (Å²) >= 11 is 13.0. The summed E-state index contributed by atoms with van der Waals surface area (Å²) in [5.41, 5.74) is 3.03. The van der Waals surface area contributed by atoms with Gasteiger partial charge in [-0.3, -0.25) is 19.7 Å². The molecule has 0 bridgehead atoms. The zero-order valence-electron chi connectivity index (χ0n) is 17.3. The van der Waals surface area contributed by atoms with E-state index in [9.17, 15) is 24.8 Å². The van der Waals surface area contributed by atoms with Crippen LogP contribution in [-0.2, 0) is 9.59 Å². The summed E-state index contributed by atoms with van der Waals surface area (Å²) in [5, 5.41) is 25.7. The lowest BCUT2D eigenvalue weighted by Gasteiger charge is -2.41. The summed E-state index contributed by atoms with van der Waals surface area (Å²) < 4.78 is 0. The number of halogens is 2. The van der Waals surface area contributed by atoms with Gasteiger partial charge in [0, 0.05) is 28.6 Å². The van der Waals surface area contributed by atoms with E-state index in [0.29, 0.717) is 37.8 Å². The lowest BCUT2D eigenvalue weighted by molar-refractivity contribution is -0.423. The van der Waals surface area contributed by atoms with Gasteiger partial charge in [-0.2, -0.15) is 0 Å². The van der Waals surface area contributed by atoms with Crippen molar-refractivity contribution in [2.24, 2.45) is 23.7 Å². The van der Waals surface area contributed by atoms with E-state index in [-0.39, 0.29) is 34.5 Å². The molecule has 1 saturated heterocycles. The topological polar surface area (TPSA) is 125 Å². The number of rotatable bonds is 4. The van der Waals surface area contributed by atoms with Crippen molar-refractivity contribution < 1.29 is 19.6 Å². The number of nitrogens with one attached hydrogen (secondary N) is 2. The number of carboxylic acids is 1. The molecule has 6 unspecified atom stereocenters. The Kier molecular flexibility index (Phi) is 6.38. The van der Waals surface area contributed by atoms with Crippen molar-refractivity contribution in [2.75, 3.05) is 0 Å². The number of carbonyl (C=O) groups excluding carboxylic acids is 1. The van der Waals surface area contributed by atoms with Crippen molar-refractivity contribution in [3.05, 3.63) is 21.5 Å². The molecular weight excluding hydrogens is 447 g/mol. The van der Waals surface area contributed by atoms with Crippen LogP contribution in [0.25, 0.3) is 0 Å². The first kappa shape index (κ1) is 22.6. The molecule has 172 valence electrons. The number of aliphatic carboxylic acids is 1. The third kappa shape index (κ3) is 4.12. The van der Waals surface area contributed by atoms with Crippen LogP contribution in [0.3, 0.4) is 0 Å². The number of alkyl halides is 2. The first-order valence-electron chi connectivity index (χ1n) is 10.9. The second kappa shape index (κ2) is 8.75. The first-order chi connectivity index (χ1) is 14.7.